The second kappa shape index (κ2) is 6.10. The molecule has 4 heteroatoms. The van der Waals surface area contributed by atoms with Gasteiger partial charge in [-0.3, -0.25) is 9.59 Å². The lowest BCUT2D eigenvalue weighted by atomic mass is 9.53. The van der Waals surface area contributed by atoms with Gasteiger partial charge in [-0.1, -0.05) is 20.8 Å². The maximum atomic E-state index is 12.3. The lowest BCUT2D eigenvalue weighted by molar-refractivity contribution is -0.129. The molecule has 0 aromatic heterocycles. The summed E-state index contributed by atoms with van der Waals surface area (Å²) in [6.45, 7) is 6.30. The highest BCUT2D eigenvalue weighted by Crippen LogP contribution is 2.55. The first-order valence-electron chi connectivity index (χ1n) is 9.35. The molecule has 2 N–H and O–H groups in total. The van der Waals surface area contributed by atoms with Crippen molar-refractivity contribution in [1.29, 1.82) is 0 Å². The van der Waals surface area contributed by atoms with Crippen molar-refractivity contribution < 1.29 is 9.59 Å². The Hall–Kier alpha value is -1.06. The average molecular weight is 320 g/mol. The molecule has 0 spiro atoms. The highest BCUT2D eigenvalue weighted by atomic mass is 16.2. The molecule has 0 unspecified atom stereocenters. The number of hydrogen-bond acceptors (Lipinski definition) is 2. The minimum Gasteiger partial charge on any atom is -0.356 e. The van der Waals surface area contributed by atoms with Gasteiger partial charge >= 0.3 is 0 Å². The van der Waals surface area contributed by atoms with E-state index in [2.05, 4.69) is 10.6 Å². The van der Waals surface area contributed by atoms with E-state index in [1.165, 1.54) is 38.5 Å². The zero-order valence-electron chi connectivity index (χ0n) is 14.9. The number of carbonyl (C=O) groups excluding carboxylic acids is 2. The van der Waals surface area contributed by atoms with Gasteiger partial charge < -0.3 is 10.6 Å². The smallest absolute Gasteiger partial charge is 0.225 e. The Balaban J connectivity index is 1.41. The van der Waals surface area contributed by atoms with Crippen LogP contribution in [0.4, 0.5) is 0 Å². The zero-order valence-corrected chi connectivity index (χ0v) is 14.9. The molecule has 4 fully saturated rings. The molecule has 0 heterocycles. The van der Waals surface area contributed by atoms with Gasteiger partial charge in [0.2, 0.25) is 11.8 Å². The molecule has 4 bridgehead atoms. The van der Waals surface area contributed by atoms with Gasteiger partial charge in [-0.2, -0.15) is 0 Å². The molecule has 0 radical (unpaired) electrons. The first-order valence-corrected chi connectivity index (χ1v) is 9.35. The maximum Gasteiger partial charge on any atom is 0.225 e. The largest absolute Gasteiger partial charge is 0.356 e. The van der Waals surface area contributed by atoms with E-state index in [0.717, 1.165) is 24.2 Å². The molecule has 4 rings (SSSR count). The normalized spacial score (nSPS) is 35.2. The van der Waals surface area contributed by atoms with Crippen molar-refractivity contribution in [2.75, 3.05) is 6.54 Å². The molecule has 4 saturated carbocycles. The lowest BCUT2D eigenvalue weighted by Gasteiger charge is -2.56. The summed E-state index contributed by atoms with van der Waals surface area (Å²) >= 11 is 0. The summed E-state index contributed by atoms with van der Waals surface area (Å²) in [5.41, 5.74) is -0.248. The topological polar surface area (TPSA) is 58.2 Å². The molecule has 0 aliphatic heterocycles. The second-order valence-electron chi connectivity index (χ2n) is 9.36. The van der Waals surface area contributed by atoms with Crippen LogP contribution < -0.4 is 10.6 Å². The Labute approximate surface area is 140 Å². The Morgan fingerprint density at radius 2 is 1.52 bits per heavy atom. The summed E-state index contributed by atoms with van der Waals surface area (Å²) in [5.74, 6) is 2.80. The summed E-state index contributed by atoms with van der Waals surface area (Å²) in [6.07, 6.45) is 9.03. The molecule has 4 nitrogen and oxygen atoms in total. The molecule has 4 aliphatic rings. The third-order valence-corrected chi connectivity index (χ3v) is 5.99. The molecule has 4 aliphatic carbocycles. The molecule has 0 aromatic rings. The Bertz CT molecular complexity index is 443. The van der Waals surface area contributed by atoms with E-state index in [1.807, 2.05) is 20.8 Å². The first-order chi connectivity index (χ1) is 10.8. The highest BCUT2D eigenvalue weighted by molar-refractivity contribution is 5.81. The number of hydrogen-bond donors (Lipinski definition) is 2. The number of amides is 2. The summed E-state index contributed by atoms with van der Waals surface area (Å²) in [6, 6.07) is 0. The van der Waals surface area contributed by atoms with Crippen molar-refractivity contribution in [2.24, 2.45) is 23.2 Å². The zero-order chi connectivity index (χ0) is 16.7. The minimum absolute atomic E-state index is 0.0546. The van der Waals surface area contributed by atoms with Gasteiger partial charge in [0, 0.05) is 23.9 Å². The van der Waals surface area contributed by atoms with Crippen LogP contribution in [0.1, 0.15) is 72.1 Å². The fourth-order valence-electron chi connectivity index (χ4n) is 5.34. The predicted octanol–water partition coefficient (Wildman–Crippen LogP) is 3.01. The van der Waals surface area contributed by atoms with Gasteiger partial charge in [-0.25, -0.2) is 0 Å². The minimum atomic E-state index is -0.360. The molecule has 0 saturated heterocycles. The van der Waals surface area contributed by atoms with Crippen LogP contribution in [0.15, 0.2) is 0 Å². The monoisotopic (exact) mass is 320 g/mol. The Morgan fingerprint density at radius 3 is 2.00 bits per heavy atom. The third-order valence-electron chi connectivity index (χ3n) is 5.99. The molecule has 0 atom stereocenters. The molecular formula is C19H32N2O2. The van der Waals surface area contributed by atoms with Crippen LogP contribution in [0, 0.1) is 23.2 Å². The summed E-state index contributed by atoms with van der Waals surface area (Å²) in [5, 5.41) is 6.31. The van der Waals surface area contributed by atoms with Crippen molar-refractivity contribution in [3.63, 3.8) is 0 Å². The van der Waals surface area contributed by atoms with Crippen LogP contribution in [0.2, 0.25) is 0 Å². The number of carbonyl (C=O) groups is 2. The van der Waals surface area contributed by atoms with Crippen LogP contribution in [-0.4, -0.2) is 23.9 Å². The van der Waals surface area contributed by atoms with Crippen molar-refractivity contribution in [3.05, 3.63) is 0 Å². The molecule has 23 heavy (non-hydrogen) atoms. The Kier molecular flexibility index (Phi) is 4.45. The van der Waals surface area contributed by atoms with Gasteiger partial charge in [-0.05, 0) is 62.7 Å². The van der Waals surface area contributed by atoms with Gasteiger partial charge in [0.25, 0.3) is 0 Å². The fraction of sp³-hybridized carbons (Fsp3) is 0.895. The van der Waals surface area contributed by atoms with E-state index in [-0.39, 0.29) is 22.8 Å². The van der Waals surface area contributed by atoms with E-state index < -0.39 is 0 Å². The average Bonchev–Trinajstić information content (AvgIpc) is 2.40. The summed E-state index contributed by atoms with van der Waals surface area (Å²) in [7, 11) is 0. The van der Waals surface area contributed by atoms with Gasteiger partial charge in [0.15, 0.2) is 0 Å². The summed E-state index contributed by atoms with van der Waals surface area (Å²) in [4.78, 5) is 24.1. The van der Waals surface area contributed by atoms with Gasteiger partial charge in [0.05, 0.1) is 0 Å². The van der Waals surface area contributed by atoms with Crippen molar-refractivity contribution in [1.82, 2.24) is 10.6 Å². The highest BCUT2D eigenvalue weighted by Gasteiger charge is 2.51. The van der Waals surface area contributed by atoms with Crippen LogP contribution >= 0.6 is 0 Å². The van der Waals surface area contributed by atoms with Gasteiger partial charge in [0.1, 0.15) is 0 Å². The molecule has 2 amide bonds. The van der Waals surface area contributed by atoms with Crippen LogP contribution in [0.25, 0.3) is 0 Å². The first kappa shape index (κ1) is 16.8. The quantitative estimate of drug-likeness (QED) is 0.765. The van der Waals surface area contributed by atoms with E-state index in [0.29, 0.717) is 13.0 Å². The molecular weight excluding hydrogens is 288 g/mol. The van der Waals surface area contributed by atoms with Crippen molar-refractivity contribution in [3.8, 4) is 0 Å². The Morgan fingerprint density at radius 1 is 1.00 bits per heavy atom. The maximum absolute atomic E-state index is 12.3. The van der Waals surface area contributed by atoms with Crippen LogP contribution in [0.3, 0.4) is 0 Å². The fourth-order valence-corrected chi connectivity index (χ4v) is 5.34. The van der Waals surface area contributed by atoms with Gasteiger partial charge in [-0.15, -0.1) is 0 Å². The van der Waals surface area contributed by atoms with Crippen LogP contribution in [0.5, 0.6) is 0 Å². The molecule has 130 valence electrons. The number of nitrogens with one attached hydrogen (secondary N) is 2. The van der Waals surface area contributed by atoms with Crippen molar-refractivity contribution >= 4 is 11.8 Å². The van der Waals surface area contributed by atoms with E-state index in [9.17, 15) is 9.59 Å². The third kappa shape index (κ3) is 3.89. The molecule has 0 aromatic carbocycles. The number of rotatable bonds is 5. The lowest BCUT2D eigenvalue weighted by Crippen LogP contribution is -2.59. The van der Waals surface area contributed by atoms with E-state index in [4.69, 9.17) is 0 Å². The summed E-state index contributed by atoms with van der Waals surface area (Å²) < 4.78 is 0. The van der Waals surface area contributed by atoms with Crippen LogP contribution in [-0.2, 0) is 9.59 Å². The van der Waals surface area contributed by atoms with E-state index >= 15 is 0 Å². The standard InChI is InChI=1S/C19H32N2O2/c1-18(2,3)17(23)20-6-4-5-16(22)21-19-10-13-7-14(11-19)9-15(8-13)12-19/h13-15H,4-12H2,1-3H3,(H,20,23)(H,21,22). The SMILES string of the molecule is CC(C)(C)C(=O)NCCCC(=O)NC12CC3CC(CC(C3)C1)C2. The van der Waals surface area contributed by atoms with E-state index in [1.54, 1.807) is 0 Å². The predicted molar refractivity (Wildman–Crippen MR) is 90.7 cm³/mol. The van der Waals surface area contributed by atoms with Crippen molar-refractivity contribution in [2.45, 2.75) is 77.7 Å². The second-order valence-corrected chi connectivity index (χ2v) is 9.36.